The molecule has 0 N–H and O–H groups in total. The second-order valence-electron chi connectivity index (χ2n) is 11.4. The van der Waals surface area contributed by atoms with Gasteiger partial charge in [0.25, 0.3) is 0 Å². The normalized spacial score (nSPS) is 51.7. The first-order valence-corrected chi connectivity index (χ1v) is 12.1. The van der Waals surface area contributed by atoms with Crippen LogP contribution in [-0.2, 0) is 9.53 Å². The van der Waals surface area contributed by atoms with Gasteiger partial charge < -0.3 is 4.74 Å². The fourth-order valence-corrected chi connectivity index (χ4v) is 8.27. The molecule has 0 saturated heterocycles. The smallest absolute Gasteiger partial charge is 0.313 e. The maximum atomic E-state index is 12.2. The van der Waals surface area contributed by atoms with Gasteiger partial charge in [0.1, 0.15) is 6.10 Å². The Hall–Kier alpha value is -1.31. The summed E-state index contributed by atoms with van der Waals surface area (Å²) in [4.78, 5) is 12.2. The SMILES string of the molecule is CC1C=CC(C(C)C2CCC3C4C=CC5CC=CCC5(C)C4CCC23C)OC1=O. The van der Waals surface area contributed by atoms with Gasteiger partial charge >= 0.3 is 5.97 Å². The van der Waals surface area contributed by atoms with E-state index < -0.39 is 0 Å². The molecule has 0 radical (unpaired) electrons. The Morgan fingerprint density at radius 2 is 1.79 bits per heavy atom. The van der Waals surface area contributed by atoms with Crippen molar-refractivity contribution >= 4 is 5.97 Å². The van der Waals surface area contributed by atoms with Crippen LogP contribution in [0.25, 0.3) is 0 Å². The minimum atomic E-state index is -0.0913. The van der Waals surface area contributed by atoms with E-state index in [1.165, 1.54) is 38.5 Å². The molecule has 29 heavy (non-hydrogen) atoms. The zero-order chi connectivity index (χ0) is 20.4. The molecule has 0 aromatic heterocycles. The lowest BCUT2D eigenvalue weighted by atomic mass is 9.47. The average Bonchev–Trinajstić information content (AvgIpc) is 3.06. The zero-order valence-electron chi connectivity index (χ0n) is 18.6. The third kappa shape index (κ3) is 2.84. The van der Waals surface area contributed by atoms with Crippen LogP contribution in [0.15, 0.2) is 36.5 Å². The van der Waals surface area contributed by atoms with Crippen molar-refractivity contribution < 1.29 is 9.53 Å². The molecule has 5 aliphatic rings. The van der Waals surface area contributed by atoms with Crippen molar-refractivity contribution in [3.8, 4) is 0 Å². The van der Waals surface area contributed by atoms with Gasteiger partial charge in [0, 0.05) is 5.92 Å². The summed E-state index contributed by atoms with van der Waals surface area (Å²) in [6, 6.07) is 0. The Balaban J connectivity index is 1.39. The molecule has 5 rings (SSSR count). The molecule has 0 amide bonds. The molecule has 158 valence electrons. The molecule has 4 aliphatic carbocycles. The Labute approximate surface area is 176 Å². The summed E-state index contributed by atoms with van der Waals surface area (Å²) in [6.07, 6.45) is 22.1. The van der Waals surface area contributed by atoms with E-state index in [4.69, 9.17) is 4.74 Å². The van der Waals surface area contributed by atoms with Gasteiger partial charge in [0.15, 0.2) is 0 Å². The van der Waals surface area contributed by atoms with E-state index in [1.54, 1.807) is 0 Å². The number of esters is 1. The molecule has 2 heteroatoms. The summed E-state index contributed by atoms with van der Waals surface area (Å²) < 4.78 is 5.84. The number of rotatable bonds is 2. The van der Waals surface area contributed by atoms with Crippen LogP contribution in [0.1, 0.15) is 66.2 Å². The highest BCUT2D eigenvalue weighted by atomic mass is 16.5. The number of carbonyl (C=O) groups excluding carboxylic acids is 1. The summed E-state index contributed by atoms with van der Waals surface area (Å²) >= 11 is 0. The average molecular weight is 395 g/mol. The molecule has 10 unspecified atom stereocenters. The van der Waals surface area contributed by atoms with Crippen LogP contribution in [0.3, 0.4) is 0 Å². The monoisotopic (exact) mass is 394 g/mol. The summed E-state index contributed by atoms with van der Waals surface area (Å²) in [5, 5.41) is 0. The van der Waals surface area contributed by atoms with Crippen molar-refractivity contribution in [2.45, 2.75) is 72.3 Å². The molecule has 2 saturated carbocycles. The number of hydrogen-bond acceptors (Lipinski definition) is 2. The van der Waals surface area contributed by atoms with Crippen LogP contribution in [0.4, 0.5) is 0 Å². The highest BCUT2D eigenvalue weighted by molar-refractivity contribution is 5.75. The molecule has 10 atom stereocenters. The van der Waals surface area contributed by atoms with Gasteiger partial charge in [-0.1, -0.05) is 51.2 Å². The van der Waals surface area contributed by atoms with Gasteiger partial charge in [-0.25, -0.2) is 0 Å². The van der Waals surface area contributed by atoms with E-state index in [9.17, 15) is 4.79 Å². The number of ether oxygens (including phenoxy) is 1. The zero-order valence-corrected chi connectivity index (χ0v) is 18.6. The van der Waals surface area contributed by atoms with Crippen molar-refractivity contribution in [2.24, 2.45) is 52.3 Å². The number of hydrogen-bond donors (Lipinski definition) is 0. The van der Waals surface area contributed by atoms with Gasteiger partial charge in [-0.05, 0) is 91.9 Å². The molecule has 0 spiro atoms. The molecule has 2 nitrogen and oxygen atoms in total. The number of cyclic esters (lactones) is 1. The number of fused-ring (bicyclic) bond motifs is 5. The molecule has 0 bridgehead atoms. The molecule has 0 aromatic carbocycles. The first kappa shape index (κ1) is 19.6. The first-order valence-electron chi connectivity index (χ1n) is 12.1. The van der Waals surface area contributed by atoms with Crippen LogP contribution in [0, 0.1) is 52.3 Å². The van der Waals surface area contributed by atoms with E-state index in [2.05, 4.69) is 57.2 Å². The second kappa shape index (κ2) is 6.86. The lowest BCUT2D eigenvalue weighted by Crippen LogP contribution is -2.51. The van der Waals surface area contributed by atoms with Crippen LogP contribution < -0.4 is 0 Å². The Morgan fingerprint density at radius 3 is 2.59 bits per heavy atom. The summed E-state index contributed by atoms with van der Waals surface area (Å²) in [6.45, 7) is 9.41. The van der Waals surface area contributed by atoms with E-state index in [1.807, 2.05) is 6.92 Å². The van der Waals surface area contributed by atoms with E-state index in [-0.39, 0.29) is 18.0 Å². The summed E-state index contributed by atoms with van der Waals surface area (Å²) in [5.41, 5.74) is 0.832. The van der Waals surface area contributed by atoms with Gasteiger partial charge in [0.2, 0.25) is 0 Å². The predicted octanol–water partition coefficient (Wildman–Crippen LogP) is 6.34. The topological polar surface area (TPSA) is 26.3 Å². The van der Waals surface area contributed by atoms with Crippen LogP contribution in [-0.4, -0.2) is 12.1 Å². The minimum absolute atomic E-state index is 0.0377. The molecule has 1 aliphatic heterocycles. The van der Waals surface area contributed by atoms with E-state index >= 15 is 0 Å². The maximum Gasteiger partial charge on any atom is 0.313 e. The molecular weight excluding hydrogens is 356 g/mol. The minimum Gasteiger partial charge on any atom is -0.457 e. The molecule has 1 heterocycles. The number of carbonyl (C=O) groups is 1. The number of allylic oxidation sites excluding steroid dienone is 4. The Kier molecular flexibility index (Phi) is 4.64. The largest absolute Gasteiger partial charge is 0.457 e. The van der Waals surface area contributed by atoms with Gasteiger partial charge in [-0.3, -0.25) is 4.79 Å². The van der Waals surface area contributed by atoms with Gasteiger partial charge in [-0.15, -0.1) is 0 Å². The Bertz CT molecular complexity index is 762. The van der Waals surface area contributed by atoms with E-state index in [0.717, 1.165) is 23.7 Å². The highest BCUT2D eigenvalue weighted by Gasteiger charge is 2.59. The van der Waals surface area contributed by atoms with E-state index in [0.29, 0.717) is 22.7 Å². The third-order valence-electron chi connectivity index (χ3n) is 10.1. The summed E-state index contributed by atoms with van der Waals surface area (Å²) in [5.74, 6) is 4.01. The first-order chi connectivity index (χ1) is 13.8. The third-order valence-corrected chi connectivity index (χ3v) is 10.1. The standard InChI is InChI=1S/C27H38O2/c1-17-8-13-24(29-25(17)28)18(2)21-11-12-22-20-10-9-19-7-5-6-15-26(19,3)23(20)14-16-27(21,22)4/h5-6,8-10,13,17-24H,7,11-12,14-16H2,1-4H3. The fourth-order valence-electron chi connectivity index (χ4n) is 8.27. The van der Waals surface area contributed by atoms with Gasteiger partial charge in [-0.2, -0.15) is 0 Å². The molecule has 2 fully saturated rings. The summed E-state index contributed by atoms with van der Waals surface area (Å²) in [7, 11) is 0. The van der Waals surface area contributed by atoms with Crippen molar-refractivity contribution in [3.63, 3.8) is 0 Å². The van der Waals surface area contributed by atoms with Crippen LogP contribution in [0.5, 0.6) is 0 Å². The lowest BCUT2D eigenvalue weighted by molar-refractivity contribution is -0.155. The van der Waals surface area contributed by atoms with Crippen molar-refractivity contribution in [2.75, 3.05) is 0 Å². The van der Waals surface area contributed by atoms with Crippen molar-refractivity contribution in [1.82, 2.24) is 0 Å². The lowest BCUT2D eigenvalue weighted by Gasteiger charge is -2.58. The molecule has 0 aromatic rings. The molecular formula is C27H38O2. The van der Waals surface area contributed by atoms with Crippen molar-refractivity contribution in [3.05, 3.63) is 36.5 Å². The maximum absolute atomic E-state index is 12.2. The van der Waals surface area contributed by atoms with Crippen molar-refractivity contribution in [1.29, 1.82) is 0 Å². The highest BCUT2D eigenvalue weighted by Crippen LogP contribution is 2.66. The predicted molar refractivity (Wildman–Crippen MR) is 117 cm³/mol. The van der Waals surface area contributed by atoms with Crippen LogP contribution in [0.2, 0.25) is 0 Å². The second-order valence-corrected chi connectivity index (χ2v) is 11.4. The quantitative estimate of drug-likeness (QED) is 0.403. The van der Waals surface area contributed by atoms with Gasteiger partial charge in [0.05, 0.1) is 5.92 Å². The fraction of sp³-hybridized carbons (Fsp3) is 0.741. The van der Waals surface area contributed by atoms with Crippen LogP contribution >= 0.6 is 0 Å². The Morgan fingerprint density at radius 1 is 1.00 bits per heavy atom.